The highest BCUT2D eigenvalue weighted by molar-refractivity contribution is 6.02. The summed E-state index contributed by atoms with van der Waals surface area (Å²) in [6, 6.07) is 5.92. The molecule has 0 amide bonds. The van der Waals surface area contributed by atoms with Crippen molar-refractivity contribution in [3.8, 4) is 5.75 Å². The summed E-state index contributed by atoms with van der Waals surface area (Å²) >= 11 is 0. The summed E-state index contributed by atoms with van der Waals surface area (Å²) in [6.07, 6.45) is 2.95. The molecule has 3 nitrogen and oxygen atoms in total. The molecule has 0 aliphatic heterocycles. The third kappa shape index (κ3) is 1.45. The summed E-state index contributed by atoms with van der Waals surface area (Å²) in [6.45, 7) is 0. The summed E-state index contributed by atoms with van der Waals surface area (Å²) in [5.74, 6) is 0.812. The second-order valence-electron chi connectivity index (χ2n) is 3.42. The summed E-state index contributed by atoms with van der Waals surface area (Å²) in [5.41, 5.74) is 3.04. The van der Waals surface area contributed by atoms with Gasteiger partial charge < -0.3 is 9.94 Å². The number of fused-ring (bicyclic) bond motifs is 1. The number of hydrogen-bond acceptors (Lipinski definition) is 3. The van der Waals surface area contributed by atoms with Crippen molar-refractivity contribution < 1.29 is 9.94 Å². The Morgan fingerprint density at radius 1 is 1.36 bits per heavy atom. The van der Waals surface area contributed by atoms with E-state index < -0.39 is 0 Å². The Labute approximate surface area is 83.0 Å². The van der Waals surface area contributed by atoms with Crippen molar-refractivity contribution >= 4 is 5.71 Å². The Balaban J connectivity index is 2.49. The first-order valence-corrected chi connectivity index (χ1v) is 4.73. The fourth-order valence-electron chi connectivity index (χ4n) is 1.85. The first kappa shape index (κ1) is 9.06. The van der Waals surface area contributed by atoms with Gasteiger partial charge in [-0.15, -0.1) is 0 Å². The van der Waals surface area contributed by atoms with Crippen LogP contribution in [0.4, 0.5) is 0 Å². The van der Waals surface area contributed by atoms with Crippen LogP contribution >= 0.6 is 0 Å². The predicted octanol–water partition coefficient (Wildman–Crippen LogP) is 2.21. The molecule has 0 unspecified atom stereocenters. The van der Waals surface area contributed by atoms with Crippen LogP contribution in [0.25, 0.3) is 0 Å². The van der Waals surface area contributed by atoms with Crippen LogP contribution in [0.5, 0.6) is 5.75 Å². The lowest BCUT2D eigenvalue weighted by Gasteiger charge is -2.17. The highest BCUT2D eigenvalue weighted by Crippen LogP contribution is 2.25. The topological polar surface area (TPSA) is 41.8 Å². The molecule has 0 saturated heterocycles. The van der Waals surface area contributed by atoms with E-state index in [0.29, 0.717) is 0 Å². The second kappa shape index (κ2) is 3.70. The minimum absolute atomic E-state index is 0.769. The molecule has 0 bridgehead atoms. The highest BCUT2D eigenvalue weighted by atomic mass is 16.5. The van der Waals surface area contributed by atoms with Crippen molar-refractivity contribution in [1.82, 2.24) is 0 Å². The van der Waals surface area contributed by atoms with Gasteiger partial charge in [-0.1, -0.05) is 11.2 Å². The molecule has 3 heteroatoms. The molecule has 0 aromatic heterocycles. The standard InChI is InChI=1S/C11H13NO2/c1-14-9-6-5-8-3-2-4-11(12-13)10(8)7-9/h5-7,13H,2-4H2,1H3/b12-11-. The van der Waals surface area contributed by atoms with Gasteiger partial charge in [0, 0.05) is 5.56 Å². The molecule has 1 aromatic carbocycles. The molecule has 0 saturated carbocycles. The zero-order valence-electron chi connectivity index (χ0n) is 8.16. The van der Waals surface area contributed by atoms with Crippen molar-refractivity contribution in [3.63, 3.8) is 0 Å². The fraction of sp³-hybridized carbons (Fsp3) is 0.364. The first-order valence-electron chi connectivity index (χ1n) is 4.73. The van der Waals surface area contributed by atoms with Crippen molar-refractivity contribution in [3.05, 3.63) is 29.3 Å². The van der Waals surface area contributed by atoms with E-state index in [-0.39, 0.29) is 0 Å². The fourth-order valence-corrected chi connectivity index (χ4v) is 1.85. The molecular formula is C11H13NO2. The lowest BCUT2D eigenvalue weighted by atomic mass is 9.90. The number of oxime groups is 1. The molecule has 1 aliphatic carbocycles. The van der Waals surface area contributed by atoms with Crippen LogP contribution in [-0.4, -0.2) is 18.0 Å². The third-order valence-electron chi connectivity index (χ3n) is 2.61. The minimum atomic E-state index is 0.769. The van der Waals surface area contributed by atoms with Crippen LogP contribution in [-0.2, 0) is 6.42 Å². The smallest absolute Gasteiger partial charge is 0.119 e. The lowest BCUT2D eigenvalue weighted by Crippen LogP contribution is -2.11. The van der Waals surface area contributed by atoms with Gasteiger partial charge in [0.2, 0.25) is 0 Å². The maximum atomic E-state index is 8.85. The molecule has 0 heterocycles. The first-order chi connectivity index (χ1) is 6.85. The van der Waals surface area contributed by atoms with Gasteiger partial charge in [-0.3, -0.25) is 0 Å². The van der Waals surface area contributed by atoms with Crippen molar-refractivity contribution in [1.29, 1.82) is 0 Å². The zero-order chi connectivity index (χ0) is 9.97. The van der Waals surface area contributed by atoms with Crippen LogP contribution in [0.1, 0.15) is 24.0 Å². The van der Waals surface area contributed by atoms with Gasteiger partial charge in [0.05, 0.1) is 12.8 Å². The van der Waals surface area contributed by atoms with Gasteiger partial charge in [-0.05, 0) is 37.0 Å². The van der Waals surface area contributed by atoms with E-state index in [1.165, 1.54) is 5.56 Å². The number of methoxy groups -OCH3 is 1. The molecular weight excluding hydrogens is 178 g/mol. The average Bonchev–Trinajstić information content (AvgIpc) is 2.27. The highest BCUT2D eigenvalue weighted by Gasteiger charge is 2.16. The third-order valence-corrected chi connectivity index (χ3v) is 2.61. The second-order valence-corrected chi connectivity index (χ2v) is 3.42. The zero-order valence-corrected chi connectivity index (χ0v) is 8.16. The molecule has 74 valence electrons. The van der Waals surface area contributed by atoms with Gasteiger partial charge in [-0.25, -0.2) is 0 Å². The Hall–Kier alpha value is -1.51. The molecule has 0 spiro atoms. The van der Waals surface area contributed by atoms with Crippen LogP contribution < -0.4 is 4.74 Å². The van der Waals surface area contributed by atoms with E-state index in [1.807, 2.05) is 18.2 Å². The molecule has 14 heavy (non-hydrogen) atoms. The van der Waals surface area contributed by atoms with E-state index in [0.717, 1.165) is 36.3 Å². The van der Waals surface area contributed by atoms with Crippen molar-refractivity contribution in [2.24, 2.45) is 5.16 Å². The summed E-state index contributed by atoms with van der Waals surface area (Å²) in [5, 5.41) is 12.2. The minimum Gasteiger partial charge on any atom is -0.497 e. The molecule has 0 radical (unpaired) electrons. The van der Waals surface area contributed by atoms with E-state index in [1.54, 1.807) is 7.11 Å². The number of nitrogens with zero attached hydrogens (tertiary/aromatic N) is 1. The Morgan fingerprint density at radius 2 is 2.21 bits per heavy atom. The number of rotatable bonds is 1. The quantitative estimate of drug-likeness (QED) is 0.546. The molecule has 1 N–H and O–H groups in total. The molecule has 1 aliphatic rings. The van der Waals surface area contributed by atoms with Crippen LogP contribution in [0, 0.1) is 0 Å². The van der Waals surface area contributed by atoms with E-state index in [9.17, 15) is 0 Å². The van der Waals surface area contributed by atoms with E-state index in [2.05, 4.69) is 5.16 Å². The van der Waals surface area contributed by atoms with Crippen LogP contribution in [0.15, 0.2) is 23.4 Å². The molecule has 2 rings (SSSR count). The number of hydrogen-bond donors (Lipinski definition) is 1. The summed E-state index contributed by atoms with van der Waals surface area (Å²) in [7, 11) is 1.64. The SMILES string of the molecule is COc1ccc2c(c1)/C(=N\O)CCC2. The number of aryl methyl sites for hydroxylation is 1. The summed E-state index contributed by atoms with van der Waals surface area (Å²) < 4.78 is 5.14. The molecule has 0 atom stereocenters. The number of ether oxygens (including phenoxy) is 1. The maximum Gasteiger partial charge on any atom is 0.119 e. The van der Waals surface area contributed by atoms with Crippen molar-refractivity contribution in [2.45, 2.75) is 19.3 Å². The van der Waals surface area contributed by atoms with Gasteiger partial charge in [0.25, 0.3) is 0 Å². The number of benzene rings is 1. The average molecular weight is 191 g/mol. The Kier molecular flexibility index (Phi) is 2.39. The largest absolute Gasteiger partial charge is 0.497 e. The van der Waals surface area contributed by atoms with Gasteiger partial charge in [-0.2, -0.15) is 0 Å². The Morgan fingerprint density at radius 3 is 2.93 bits per heavy atom. The molecule has 0 fully saturated rings. The van der Waals surface area contributed by atoms with Crippen LogP contribution in [0.2, 0.25) is 0 Å². The van der Waals surface area contributed by atoms with E-state index >= 15 is 0 Å². The Bertz CT molecular complexity index is 372. The maximum absolute atomic E-state index is 8.85. The monoisotopic (exact) mass is 191 g/mol. The van der Waals surface area contributed by atoms with E-state index in [4.69, 9.17) is 9.94 Å². The van der Waals surface area contributed by atoms with Gasteiger partial charge >= 0.3 is 0 Å². The predicted molar refractivity (Wildman–Crippen MR) is 54.3 cm³/mol. The van der Waals surface area contributed by atoms with Gasteiger partial charge in [0.1, 0.15) is 5.75 Å². The normalized spacial score (nSPS) is 17.9. The van der Waals surface area contributed by atoms with Crippen LogP contribution in [0.3, 0.4) is 0 Å². The summed E-state index contributed by atoms with van der Waals surface area (Å²) in [4.78, 5) is 0. The molecule has 1 aromatic rings. The van der Waals surface area contributed by atoms with Gasteiger partial charge in [0.15, 0.2) is 0 Å². The lowest BCUT2D eigenvalue weighted by molar-refractivity contribution is 0.317. The van der Waals surface area contributed by atoms with Crippen molar-refractivity contribution in [2.75, 3.05) is 7.11 Å².